The van der Waals surface area contributed by atoms with Crippen LogP contribution in [-0.2, 0) is 4.74 Å². The summed E-state index contributed by atoms with van der Waals surface area (Å²) in [5, 5.41) is 9.01. The number of aromatic amines is 1. The number of imidazole rings is 1. The van der Waals surface area contributed by atoms with Crippen molar-refractivity contribution in [3.8, 4) is 0 Å². The molecule has 0 radical (unpaired) electrons. The van der Waals surface area contributed by atoms with Gasteiger partial charge in [-0.3, -0.25) is 4.57 Å². The highest BCUT2D eigenvalue weighted by molar-refractivity contribution is 7.71. The van der Waals surface area contributed by atoms with Gasteiger partial charge in [0.25, 0.3) is 0 Å². The number of hydrogen-bond donors (Lipinski definition) is 3. The number of H-pyrrole nitrogens is 1. The number of fused-ring (bicyclic) bond motifs is 1. The summed E-state index contributed by atoms with van der Waals surface area (Å²) in [4.78, 5) is 10.9. The van der Waals surface area contributed by atoms with Crippen LogP contribution >= 0.6 is 12.2 Å². The number of aromatic nitrogens is 4. The topological polar surface area (TPSA) is 102 Å². The smallest absolute Gasteiger partial charge is 0.200 e. The zero-order valence-electron chi connectivity index (χ0n) is 9.78. The van der Waals surface area contributed by atoms with E-state index in [9.17, 15) is 4.39 Å². The van der Waals surface area contributed by atoms with Crippen LogP contribution in [0.1, 0.15) is 12.6 Å². The van der Waals surface area contributed by atoms with Crippen molar-refractivity contribution in [3.63, 3.8) is 0 Å². The fourth-order valence-electron chi connectivity index (χ4n) is 2.19. The molecule has 0 bridgehead atoms. The van der Waals surface area contributed by atoms with Crippen LogP contribution in [0.2, 0.25) is 0 Å². The minimum absolute atomic E-state index is 0.138. The van der Waals surface area contributed by atoms with E-state index in [-0.39, 0.29) is 23.6 Å². The van der Waals surface area contributed by atoms with Gasteiger partial charge in [-0.1, -0.05) is 12.2 Å². The first-order valence-electron chi connectivity index (χ1n) is 5.73. The highest BCUT2D eigenvalue weighted by Gasteiger charge is 2.36. The van der Waals surface area contributed by atoms with Gasteiger partial charge in [-0.05, 0) is 0 Å². The minimum atomic E-state index is -1.21. The number of halogens is 1. The molecule has 0 saturated carbocycles. The van der Waals surface area contributed by atoms with E-state index in [1.165, 1.54) is 6.33 Å². The molecule has 1 aliphatic heterocycles. The molecule has 2 aromatic rings. The lowest BCUT2D eigenvalue weighted by molar-refractivity contribution is -0.0323. The predicted octanol–water partition coefficient (Wildman–Crippen LogP) is 0.689. The quantitative estimate of drug-likeness (QED) is 0.702. The number of nitrogen functional groups attached to an aromatic ring is 1. The monoisotopic (exact) mass is 285 g/mol. The lowest BCUT2D eigenvalue weighted by Crippen LogP contribution is -2.21. The molecule has 0 aliphatic carbocycles. The van der Waals surface area contributed by atoms with E-state index in [0.717, 1.165) is 0 Å². The number of rotatable bonds is 2. The van der Waals surface area contributed by atoms with Crippen LogP contribution in [0.15, 0.2) is 6.33 Å². The van der Waals surface area contributed by atoms with E-state index >= 15 is 0 Å². The fourth-order valence-corrected chi connectivity index (χ4v) is 2.44. The summed E-state index contributed by atoms with van der Waals surface area (Å²) in [6.07, 6.45) is -0.946. The van der Waals surface area contributed by atoms with Gasteiger partial charge < -0.3 is 20.6 Å². The van der Waals surface area contributed by atoms with E-state index < -0.39 is 18.5 Å². The molecule has 2 aromatic heterocycles. The molecule has 3 heterocycles. The van der Waals surface area contributed by atoms with E-state index in [1.807, 2.05) is 0 Å². The van der Waals surface area contributed by atoms with Crippen LogP contribution in [0.3, 0.4) is 0 Å². The van der Waals surface area contributed by atoms with Gasteiger partial charge in [0.15, 0.2) is 10.6 Å². The van der Waals surface area contributed by atoms with Crippen molar-refractivity contribution in [3.05, 3.63) is 11.0 Å². The van der Waals surface area contributed by atoms with Crippen LogP contribution < -0.4 is 5.73 Å². The molecule has 102 valence electrons. The van der Waals surface area contributed by atoms with Crippen molar-refractivity contribution in [1.82, 2.24) is 19.5 Å². The van der Waals surface area contributed by atoms with Crippen LogP contribution in [0.5, 0.6) is 0 Å². The number of nitrogens with one attached hydrogen (secondary N) is 1. The van der Waals surface area contributed by atoms with Gasteiger partial charge in [-0.25, -0.2) is 14.4 Å². The summed E-state index contributed by atoms with van der Waals surface area (Å²) in [5.74, 6) is 0.160. The third kappa shape index (κ3) is 1.99. The van der Waals surface area contributed by atoms with Crippen molar-refractivity contribution in [1.29, 1.82) is 0 Å². The molecule has 3 atom stereocenters. The molecule has 1 saturated heterocycles. The van der Waals surface area contributed by atoms with Gasteiger partial charge in [-0.2, -0.15) is 0 Å². The molecule has 0 spiro atoms. The summed E-state index contributed by atoms with van der Waals surface area (Å²) in [6, 6.07) is 0. The summed E-state index contributed by atoms with van der Waals surface area (Å²) in [6.45, 7) is -0.357. The van der Waals surface area contributed by atoms with Gasteiger partial charge in [0.2, 0.25) is 0 Å². The number of aliphatic hydroxyl groups excluding tert-OH is 1. The first-order chi connectivity index (χ1) is 9.10. The zero-order chi connectivity index (χ0) is 13.6. The molecule has 1 fully saturated rings. The summed E-state index contributed by atoms with van der Waals surface area (Å²) >= 11 is 5.06. The van der Waals surface area contributed by atoms with Crippen LogP contribution in [0, 0.1) is 4.64 Å². The van der Waals surface area contributed by atoms with Crippen LogP contribution in [0.4, 0.5) is 10.3 Å². The number of hydrogen-bond acceptors (Lipinski definition) is 6. The molecule has 1 unspecified atom stereocenters. The van der Waals surface area contributed by atoms with E-state index in [1.54, 1.807) is 4.57 Å². The van der Waals surface area contributed by atoms with Gasteiger partial charge in [0.1, 0.15) is 29.7 Å². The number of alkyl halides is 1. The zero-order valence-corrected chi connectivity index (χ0v) is 10.6. The standard InChI is InChI=1S/C10H12FN5O2S/c11-4-1-6(18-5(4)2-17)16-3-13-7-8(16)14-10(12)15-9(7)19/h3-6,17H,1-2H2,(H3,12,14,15,19)/t4?,5-,6-/m1/s1. The third-order valence-corrected chi connectivity index (χ3v) is 3.40. The molecule has 1 aliphatic rings. The van der Waals surface area contributed by atoms with Crippen molar-refractivity contribution < 1.29 is 14.2 Å². The third-order valence-electron chi connectivity index (χ3n) is 3.12. The van der Waals surface area contributed by atoms with Crippen LogP contribution in [-0.4, -0.2) is 43.5 Å². The SMILES string of the molecule is Nc1nc(=S)c2ncn([C@H]3CC(F)[C@@H](CO)O3)c2[nH]1. The molecule has 19 heavy (non-hydrogen) atoms. The maximum Gasteiger partial charge on any atom is 0.200 e. The Morgan fingerprint density at radius 3 is 3.16 bits per heavy atom. The van der Waals surface area contributed by atoms with Gasteiger partial charge >= 0.3 is 0 Å². The Morgan fingerprint density at radius 1 is 1.68 bits per heavy atom. The summed E-state index contributed by atoms with van der Waals surface area (Å²) in [7, 11) is 0. The average Bonchev–Trinajstić information content (AvgIpc) is 2.92. The Balaban J connectivity index is 2.05. The summed E-state index contributed by atoms with van der Waals surface area (Å²) in [5.41, 5.74) is 6.62. The number of nitrogens with two attached hydrogens (primary N) is 1. The highest BCUT2D eigenvalue weighted by atomic mass is 32.1. The van der Waals surface area contributed by atoms with E-state index in [4.69, 9.17) is 27.8 Å². The molecule has 4 N–H and O–H groups in total. The second-order valence-corrected chi connectivity index (χ2v) is 4.73. The van der Waals surface area contributed by atoms with Crippen molar-refractivity contribution in [2.24, 2.45) is 0 Å². The van der Waals surface area contributed by atoms with Gasteiger partial charge in [0.05, 0.1) is 12.9 Å². The molecule has 0 amide bonds. The Kier molecular flexibility index (Phi) is 2.96. The molecular weight excluding hydrogens is 273 g/mol. The summed E-state index contributed by atoms with van der Waals surface area (Å²) < 4.78 is 20.9. The number of ether oxygens (including phenoxy) is 1. The van der Waals surface area contributed by atoms with Gasteiger partial charge in [-0.15, -0.1) is 0 Å². The molecule has 3 rings (SSSR count). The van der Waals surface area contributed by atoms with Crippen LogP contribution in [0.25, 0.3) is 11.2 Å². The Morgan fingerprint density at radius 2 is 2.47 bits per heavy atom. The maximum atomic E-state index is 13.6. The van der Waals surface area contributed by atoms with E-state index in [2.05, 4.69) is 15.0 Å². The van der Waals surface area contributed by atoms with Crippen molar-refractivity contribution in [2.75, 3.05) is 12.3 Å². The first-order valence-corrected chi connectivity index (χ1v) is 6.13. The number of nitrogens with zero attached hydrogens (tertiary/aromatic N) is 3. The lowest BCUT2D eigenvalue weighted by atomic mass is 10.2. The number of aliphatic hydroxyl groups is 1. The number of anilines is 1. The normalized spacial score (nSPS) is 27.2. The largest absolute Gasteiger partial charge is 0.394 e. The highest BCUT2D eigenvalue weighted by Crippen LogP contribution is 2.32. The second kappa shape index (κ2) is 4.51. The minimum Gasteiger partial charge on any atom is -0.394 e. The fraction of sp³-hybridized carbons (Fsp3) is 0.500. The molecular formula is C10H12FN5O2S. The average molecular weight is 285 g/mol. The molecule has 0 aromatic carbocycles. The second-order valence-electron chi connectivity index (χ2n) is 4.34. The Bertz CT molecular complexity index is 671. The molecule has 7 nitrogen and oxygen atoms in total. The molecule has 9 heteroatoms. The van der Waals surface area contributed by atoms with Crippen molar-refractivity contribution in [2.45, 2.75) is 24.9 Å². The van der Waals surface area contributed by atoms with E-state index in [0.29, 0.717) is 11.2 Å². The lowest BCUT2D eigenvalue weighted by Gasteiger charge is -2.13. The Labute approximate surface area is 112 Å². The predicted molar refractivity (Wildman–Crippen MR) is 67.6 cm³/mol. The van der Waals surface area contributed by atoms with Crippen molar-refractivity contribution >= 4 is 29.3 Å². The maximum absolute atomic E-state index is 13.6. The Hall–Kier alpha value is -1.58. The van der Waals surface area contributed by atoms with Gasteiger partial charge in [0, 0.05) is 6.42 Å². The first kappa shape index (κ1) is 12.5.